The lowest BCUT2D eigenvalue weighted by molar-refractivity contribution is 0.156. The van der Waals surface area contributed by atoms with Crippen molar-refractivity contribution in [1.29, 1.82) is 0 Å². The van der Waals surface area contributed by atoms with Crippen LogP contribution in [-0.4, -0.2) is 32.0 Å². The van der Waals surface area contributed by atoms with E-state index in [9.17, 15) is 30.7 Å². The van der Waals surface area contributed by atoms with Crippen LogP contribution in [0, 0.1) is 18.6 Å². The summed E-state index contributed by atoms with van der Waals surface area (Å²) in [6.45, 7) is 1.80. The smallest absolute Gasteiger partial charge is 0.267 e. The highest BCUT2D eigenvalue weighted by atomic mass is 79.9. The van der Waals surface area contributed by atoms with E-state index >= 15 is 0 Å². The molecule has 0 radical (unpaired) electrons. The molecule has 1 aromatic heterocycles. The number of hydrogen-bond acceptors (Lipinski definition) is 5. The Hall–Kier alpha value is -2.28. The van der Waals surface area contributed by atoms with E-state index in [0.717, 1.165) is 21.8 Å². The molecule has 1 heterocycles. The molecule has 33 heavy (non-hydrogen) atoms. The van der Waals surface area contributed by atoms with E-state index < -0.39 is 43.5 Å². The summed E-state index contributed by atoms with van der Waals surface area (Å²) in [5, 5.41) is 10.1. The first-order valence-corrected chi connectivity index (χ1v) is 13.5. The molecule has 7 nitrogen and oxygen atoms in total. The molecule has 1 aliphatic rings. The van der Waals surface area contributed by atoms with Gasteiger partial charge in [0.1, 0.15) is 16.5 Å². The average molecular weight is 561 g/mol. The Morgan fingerprint density at radius 1 is 1.09 bits per heavy atom. The molecule has 1 unspecified atom stereocenters. The van der Waals surface area contributed by atoms with Gasteiger partial charge in [-0.1, -0.05) is 17.7 Å². The SMILES string of the molecule is Cc1ccc(S(=O)(=O)n2cc(S(=O)(=O)Nc3cc(F)c(Br)cc3F)c3c2CC(O)CC3)cc1. The zero-order valence-corrected chi connectivity index (χ0v) is 20.4. The topological polar surface area (TPSA) is 105 Å². The fraction of sp³-hybridized carbons (Fsp3) is 0.238. The van der Waals surface area contributed by atoms with Crippen molar-refractivity contribution in [2.75, 3.05) is 4.72 Å². The van der Waals surface area contributed by atoms with Gasteiger partial charge in [-0.2, -0.15) is 0 Å². The van der Waals surface area contributed by atoms with Crippen molar-refractivity contribution >= 4 is 41.7 Å². The Balaban J connectivity index is 1.85. The number of anilines is 1. The molecule has 176 valence electrons. The molecule has 3 aromatic rings. The Bertz CT molecular complexity index is 1450. The van der Waals surface area contributed by atoms with Gasteiger partial charge in [-0.25, -0.2) is 29.6 Å². The van der Waals surface area contributed by atoms with Crippen LogP contribution in [0.4, 0.5) is 14.5 Å². The summed E-state index contributed by atoms with van der Waals surface area (Å²) in [5.74, 6) is -1.89. The Morgan fingerprint density at radius 2 is 1.76 bits per heavy atom. The molecule has 0 amide bonds. The predicted octanol–water partition coefficient (Wildman–Crippen LogP) is 3.72. The predicted molar refractivity (Wildman–Crippen MR) is 121 cm³/mol. The van der Waals surface area contributed by atoms with Gasteiger partial charge < -0.3 is 5.11 Å². The quantitative estimate of drug-likeness (QED) is 0.462. The Morgan fingerprint density at radius 3 is 2.42 bits per heavy atom. The summed E-state index contributed by atoms with van der Waals surface area (Å²) in [4.78, 5) is -0.424. The second kappa shape index (κ2) is 8.49. The van der Waals surface area contributed by atoms with Crippen LogP contribution in [0.25, 0.3) is 0 Å². The van der Waals surface area contributed by atoms with Crippen LogP contribution in [-0.2, 0) is 32.9 Å². The molecule has 0 fully saturated rings. The number of nitrogens with zero attached hydrogens (tertiary/aromatic N) is 1. The van der Waals surface area contributed by atoms with Crippen LogP contribution in [0.2, 0.25) is 0 Å². The Kier molecular flexibility index (Phi) is 6.14. The van der Waals surface area contributed by atoms with E-state index in [1.54, 1.807) is 19.1 Å². The van der Waals surface area contributed by atoms with E-state index in [2.05, 4.69) is 15.9 Å². The normalized spacial score (nSPS) is 16.5. The highest BCUT2D eigenvalue weighted by Gasteiger charge is 2.34. The standard InChI is InChI=1S/C21H19BrF2N2O5S2/c1-12-2-5-14(6-3-12)33(30,31)26-11-21(15-7-4-13(27)8-20(15)26)32(28,29)25-19-10-17(23)16(22)9-18(19)24/h2-3,5-6,9-11,13,25,27H,4,7-8H2,1H3. The molecular formula is C21H19BrF2N2O5S2. The minimum atomic E-state index is -4.49. The van der Waals surface area contributed by atoms with Gasteiger partial charge in [0.15, 0.2) is 0 Å². The van der Waals surface area contributed by atoms with Gasteiger partial charge in [0.25, 0.3) is 20.0 Å². The molecule has 0 bridgehead atoms. The van der Waals surface area contributed by atoms with Gasteiger partial charge in [-0.05, 0) is 59.5 Å². The van der Waals surface area contributed by atoms with E-state index in [1.807, 2.05) is 4.72 Å². The third kappa shape index (κ3) is 4.44. The lowest BCUT2D eigenvalue weighted by Gasteiger charge is -2.20. The summed E-state index contributed by atoms with van der Waals surface area (Å²) in [6.07, 6.45) is 0.358. The molecular weight excluding hydrogens is 542 g/mol. The summed E-state index contributed by atoms with van der Waals surface area (Å²) < 4.78 is 83.7. The number of nitrogens with one attached hydrogen (secondary N) is 1. The van der Waals surface area contributed by atoms with Gasteiger partial charge in [0.05, 0.1) is 21.2 Å². The zero-order valence-electron chi connectivity index (χ0n) is 17.2. The molecule has 0 saturated carbocycles. The van der Waals surface area contributed by atoms with Crippen LogP contribution < -0.4 is 4.72 Å². The Labute approximate surface area is 198 Å². The van der Waals surface area contributed by atoms with Crippen molar-refractivity contribution in [3.05, 3.63) is 75.5 Å². The molecule has 4 rings (SSSR count). The van der Waals surface area contributed by atoms with Crippen LogP contribution in [0.1, 0.15) is 23.2 Å². The average Bonchev–Trinajstić information content (AvgIpc) is 3.12. The molecule has 0 aliphatic heterocycles. The third-order valence-electron chi connectivity index (χ3n) is 5.42. The first-order chi connectivity index (χ1) is 15.4. The number of fused-ring (bicyclic) bond motifs is 1. The van der Waals surface area contributed by atoms with Crippen molar-refractivity contribution < 1.29 is 30.7 Å². The molecule has 1 aliphatic carbocycles. The number of hydrogen-bond donors (Lipinski definition) is 2. The number of sulfonamides is 1. The first-order valence-electron chi connectivity index (χ1n) is 9.81. The highest BCUT2D eigenvalue weighted by molar-refractivity contribution is 9.10. The lowest BCUT2D eigenvalue weighted by atomic mass is 9.96. The second-order valence-corrected chi connectivity index (χ2v) is 12.1. The summed E-state index contributed by atoms with van der Waals surface area (Å²) >= 11 is 2.83. The largest absolute Gasteiger partial charge is 0.393 e. The zero-order chi connectivity index (χ0) is 24.1. The van der Waals surface area contributed by atoms with E-state index in [-0.39, 0.29) is 44.8 Å². The minimum absolute atomic E-state index is 0.0519. The lowest BCUT2D eigenvalue weighted by Crippen LogP contribution is -2.24. The summed E-state index contributed by atoms with van der Waals surface area (Å²) in [7, 11) is -8.67. The van der Waals surface area contributed by atoms with Crippen molar-refractivity contribution in [3.63, 3.8) is 0 Å². The monoisotopic (exact) mass is 560 g/mol. The van der Waals surface area contributed by atoms with Crippen molar-refractivity contribution in [2.45, 2.75) is 42.1 Å². The summed E-state index contributed by atoms with van der Waals surface area (Å²) in [5.41, 5.74) is 0.572. The number of aryl methyl sites for hydroxylation is 1. The molecule has 0 saturated heterocycles. The second-order valence-electron chi connectivity index (χ2n) is 7.78. The van der Waals surface area contributed by atoms with Crippen molar-refractivity contribution in [2.24, 2.45) is 0 Å². The molecule has 12 heteroatoms. The number of rotatable bonds is 5. The fourth-order valence-corrected chi connectivity index (χ4v) is 6.88. The molecule has 0 spiro atoms. The van der Waals surface area contributed by atoms with Gasteiger partial charge in [-0.15, -0.1) is 0 Å². The van der Waals surface area contributed by atoms with Crippen molar-refractivity contribution in [3.8, 4) is 0 Å². The number of aliphatic hydroxyl groups is 1. The minimum Gasteiger partial charge on any atom is -0.393 e. The fourth-order valence-electron chi connectivity index (χ4n) is 3.72. The number of aliphatic hydroxyl groups excluding tert-OH is 1. The maximum absolute atomic E-state index is 14.3. The number of benzene rings is 2. The van der Waals surface area contributed by atoms with Crippen LogP contribution in [0.3, 0.4) is 0 Å². The van der Waals surface area contributed by atoms with Crippen LogP contribution >= 0.6 is 15.9 Å². The van der Waals surface area contributed by atoms with E-state index in [4.69, 9.17) is 0 Å². The van der Waals surface area contributed by atoms with Gasteiger partial charge in [0, 0.05) is 24.4 Å². The molecule has 1 atom stereocenters. The highest BCUT2D eigenvalue weighted by Crippen LogP contribution is 2.34. The number of halogens is 3. The molecule has 2 aromatic carbocycles. The maximum atomic E-state index is 14.3. The van der Waals surface area contributed by atoms with Crippen molar-refractivity contribution in [1.82, 2.24) is 3.97 Å². The third-order valence-corrected chi connectivity index (χ3v) is 9.16. The number of aromatic nitrogens is 1. The van der Waals surface area contributed by atoms with Crippen LogP contribution in [0.5, 0.6) is 0 Å². The van der Waals surface area contributed by atoms with Gasteiger partial charge in [0.2, 0.25) is 0 Å². The van der Waals surface area contributed by atoms with Gasteiger partial charge in [-0.3, -0.25) is 4.72 Å². The van der Waals surface area contributed by atoms with Crippen LogP contribution in [0.15, 0.2) is 56.9 Å². The van der Waals surface area contributed by atoms with E-state index in [1.165, 1.54) is 12.1 Å². The van der Waals surface area contributed by atoms with E-state index in [0.29, 0.717) is 6.07 Å². The first kappa shape index (κ1) is 23.9. The summed E-state index contributed by atoms with van der Waals surface area (Å²) in [6, 6.07) is 7.51. The molecule has 2 N–H and O–H groups in total. The maximum Gasteiger partial charge on any atom is 0.267 e. The van der Waals surface area contributed by atoms with Gasteiger partial charge >= 0.3 is 0 Å².